The van der Waals surface area contributed by atoms with Crippen LogP contribution in [0.5, 0.6) is 5.75 Å². The molecule has 2 N–H and O–H groups in total. The fourth-order valence-corrected chi connectivity index (χ4v) is 3.40. The van der Waals surface area contributed by atoms with Crippen LogP contribution in [0.1, 0.15) is 34.5 Å². The van der Waals surface area contributed by atoms with Gasteiger partial charge in [0.15, 0.2) is 6.61 Å². The maximum absolute atomic E-state index is 12.5. The van der Waals surface area contributed by atoms with Gasteiger partial charge in [-0.25, -0.2) is 0 Å². The lowest BCUT2D eigenvalue weighted by Gasteiger charge is -2.19. The van der Waals surface area contributed by atoms with Gasteiger partial charge in [-0.15, -0.1) is 0 Å². The largest absolute Gasteiger partial charge is 0.493 e. The van der Waals surface area contributed by atoms with Gasteiger partial charge >= 0.3 is 5.97 Å². The normalized spacial score (nSPS) is 11.2. The highest BCUT2D eigenvalue weighted by atomic mass is 16.5. The number of ether oxygens (including phenoxy) is 2. The Kier molecular flexibility index (Phi) is 9.22. The Morgan fingerprint density at radius 3 is 2.21 bits per heavy atom. The Labute approximate surface area is 199 Å². The predicted molar refractivity (Wildman–Crippen MR) is 128 cm³/mol. The van der Waals surface area contributed by atoms with Crippen LogP contribution >= 0.6 is 0 Å². The van der Waals surface area contributed by atoms with Crippen molar-refractivity contribution in [2.75, 3.05) is 19.8 Å². The van der Waals surface area contributed by atoms with Gasteiger partial charge in [0, 0.05) is 0 Å². The Bertz CT molecular complexity index is 1090. The third-order valence-corrected chi connectivity index (χ3v) is 5.01. The SMILES string of the molecule is CCOc1ccccc1C(=O)NCC(=O)OCC(=O)NC(Cc1ccccc1)c1ccccc1. The molecule has 1 unspecified atom stereocenters. The summed E-state index contributed by atoms with van der Waals surface area (Å²) in [5, 5.41) is 5.42. The zero-order valence-corrected chi connectivity index (χ0v) is 19.0. The molecule has 0 spiro atoms. The van der Waals surface area contributed by atoms with Crippen molar-refractivity contribution in [1.82, 2.24) is 10.6 Å². The lowest BCUT2D eigenvalue weighted by Crippen LogP contribution is -2.36. The van der Waals surface area contributed by atoms with Crippen molar-refractivity contribution in [2.45, 2.75) is 19.4 Å². The molecule has 0 saturated heterocycles. The number of para-hydroxylation sites is 1. The van der Waals surface area contributed by atoms with Crippen LogP contribution in [-0.2, 0) is 20.7 Å². The van der Waals surface area contributed by atoms with Gasteiger partial charge < -0.3 is 20.1 Å². The summed E-state index contributed by atoms with van der Waals surface area (Å²) < 4.78 is 10.5. The van der Waals surface area contributed by atoms with Crippen LogP contribution in [-0.4, -0.2) is 37.5 Å². The van der Waals surface area contributed by atoms with Gasteiger partial charge in [-0.3, -0.25) is 14.4 Å². The highest BCUT2D eigenvalue weighted by molar-refractivity contribution is 5.98. The molecule has 0 saturated carbocycles. The van der Waals surface area contributed by atoms with Crippen LogP contribution in [0.15, 0.2) is 84.9 Å². The number of hydrogen-bond acceptors (Lipinski definition) is 5. The van der Waals surface area contributed by atoms with E-state index in [4.69, 9.17) is 9.47 Å². The van der Waals surface area contributed by atoms with E-state index in [1.165, 1.54) is 0 Å². The molecule has 2 amide bonds. The first kappa shape index (κ1) is 24.5. The fourth-order valence-electron chi connectivity index (χ4n) is 3.40. The highest BCUT2D eigenvalue weighted by Gasteiger charge is 2.17. The van der Waals surface area contributed by atoms with Crippen LogP contribution in [0.25, 0.3) is 0 Å². The molecule has 0 bridgehead atoms. The number of hydrogen-bond donors (Lipinski definition) is 2. The van der Waals surface area contributed by atoms with E-state index in [1.807, 2.05) is 67.6 Å². The zero-order chi connectivity index (χ0) is 24.2. The van der Waals surface area contributed by atoms with Crippen molar-refractivity contribution in [3.8, 4) is 5.75 Å². The molecule has 34 heavy (non-hydrogen) atoms. The standard InChI is InChI=1S/C27H28N2O5/c1-2-33-24-16-10-9-15-22(24)27(32)28-18-26(31)34-19-25(30)29-23(21-13-7-4-8-14-21)17-20-11-5-3-6-12-20/h3-16,23H,2,17-19H2,1H3,(H,28,32)(H,29,30). The Morgan fingerprint density at radius 1 is 0.853 bits per heavy atom. The Hall–Kier alpha value is -4.13. The molecule has 7 nitrogen and oxygen atoms in total. The van der Waals surface area contributed by atoms with Crippen LogP contribution < -0.4 is 15.4 Å². The number of carbonyl (C=O) groups excluding carboxylic acids is 3. The highest BCUT2D eigenvalue weighted by Crippen LogP contribution is 2.19. The van der Waals surface area contributed by atoms with Gasteiger partial charge in [0.25, 0.3) is 11.8 Å². The lowest BCUT2D eigenvalue weighted by molar-refractivity contribution is -0.147. The van der Waals surface area contributed by atoms with Crippen molar-refractivity contribution >= 4 is 17.8 Å². The maximum atomic E-state index is 12.5. The van der Waals surface area contributed by atoms with Crippen LogP contribution in [0, 0.1) is 0 Å². The van der Waals surface area contributed by atoms with Gasteiger partial charge in [-0.1, -0.05) is 72.8 Å². The summed E-state index contributed by atoms with van der Waals surface area (Å²) >= 11 is 0. The minimum absolute atomic E-state index is 0.274. The number of benzene rings is 3. The average Bonchev–Trinajstić information content (AvgIpc) is 2.87. The topological polar surface area (TPSA) is 93.7 Å². The summed E-state index contributed by atoms with van der Waals surface area (Å²) in [5.74, 6) is -1.17. The second kappa shape index (κ2) is 12.8. The van der Waals surface area contributed by atoms with E-state index in [0.717, 1.165) is 11.1 Å². The minimum Gasteiger partial charge on any atom is -0.493 e. The van der Waals surface area contributed by atoms with Gasteiger partial charge in [-0.2, -0.15) is 0 Å². The Morgan fingerprint density at radius 2 is 1.50 bits per heavy atom. The smallest absolute Gasteiger partial charge is 0.325 e. The third kappa shape index (κ3) is 7.48. The number of carbonyl (C=O) groups is 3. The quantitative estimate of drug-likeness (QED) is 0.428. The molecule has 0 fully saturated rings. The summed E-state index contributed by atoms with van der Waals surface area (Å²) in [6.07, 6.45) is 0.597. The summed E-state index contributed by atoms with van der Waals surface area (Å²) in [6.45, 7) is 1.43. The van der Waals surface area contributed by atoms with Gasteiger partial charge in [0.05, 0.1) is 18.2 Å². The molecule has 1 atom stereocenters. The number of nitrogens with one attached hydrogen (secondary N) is 2. The molecule has 3 aromatic rings. The van der Waals surface area contributed by atoms with Crippen molar-refractivity contribution < 1.29 is 23.9 Å². The van der Waals surface area contributed by atoms with E-state index in [2.05, 4.69) is 10.6 Å². The van der Waals surface area contributed by atoms with Gasteiger partial charge in [0.2, 0.25) is 0 Å². The fraction of sp³-hybridized carbons (Fsp3) is 0.222. The molecular weight excluding hydrogens is 432 g/mol. The molecule has 7 heteroatoms. The van der Waals surface area contributed by atoms with Crippen molar-refractivity contribution in [2.24, 2.45) is 0 Å². The number of amides is 2. The van der Waals surface area contributed by atoms with Crippen LogP contribution in [0.2, 0.25) is 0 Å². The lowest BCUT2D eigenvalue weighted by atomic mass is 9.99. The minimum atomic E-state index is -0.711. The molecule has 0 aliphatic rings. The van der Waals surface area contributed by atoms with Gasteiger partial charge in [-0.05, 0) is 36.6 Å². The third-order valence-electron chi connectivity index (χ3n) is 5.01. The van der Waals surface area contributed by atoms with Crippen LogP contribution in [0.4, 0.5) is 0 Å². The van der Waals surface area contributed by atoms with Gasteiger partial charge in [0.1, 0.15) is 12.3 Å². The number of rotatable bonds is 11. The molecule has 0 radical (unpaired) electrons. The molecular formula is C27H28N2O5. The molecule has 0 aliphatic carbocycles. The predicted octanol–water partition coefficient (Wildman–Crippen LogP) is 3.46. The van der Waals surface area contributed by atoms with E-state index >= 15 is 0 Å². The molecule has 0 heterocycles. The summed E-state index contributed by atoms with van der Waals surface area (Å²) in [7, 11) is 0. The molecule has 0 aliphatic heterocycles. The monoisotopic (exact) mass is 460 g/mol. The second-order valence-electron chi connectivity index (χ2n) is 7.49. The first-order chi connectivity index (χ1) is 16.6. The van der Waals surface area contributed by atoms with E-state index in [9.17, 15) is 14.4 Å². The maximum Gasteiger partial charge on any atom is 0.325 e. The van der Waals surface area contributed by atoms with Crippen molar-refractivity contribution in [1.29, 1.82) is 0 Å². The second-order valence-corrected chi connectivity index (χ2v) is 7.49. The first-order valence-corrected chi connectivity index (χ1v) is 11.1. The molecule has 0 aromatic heterocycles. The zero-order valence-electron chi connectivity index (χ0n) is 19.0. The summed E-state index contributed by atoms with van der Waals surface area (Å²) in [5.41, 5.74) is 2.34. The van der Waals surface area contributed by atoms with E-state index < -0.39 is 24.4 Å². The summed E-state index contributed by atoms with van der Waals surface area (Å²) in [4.78, 5) is 37.0. The van der Waals surface area contributed by atoms with E-state index in [0.29, 0.717) is 24.3 Å². The van der Waals surface area contributed by atoms with Crippen molar-refractivity contribution in [3.05, 3.63) is 102 Å². The molecule has 3 rings (SSSR count). The first-order valence-electron chi connectivity index (χ1n) is 11.1. The average molecular weight is 461 g/mol. The van der Waals surface area contributed by atoms with Crippen molar-refractivity contribution in [3.63, 3.8) is 0 Å². The van der Waals surface area contributed by atoms with Crippen LogP contribution in [0.3, 0.4) is 0 Å². The number of esters is 1. The molecule has 3 aromatic carbocycles. The Balaban J connectivity index is 1.50. The van der Waals surface area contributed by atoms with E-state index in [1.54, 1.807) is 24.3 Å². The molecule has 176 valence electrons. The van der Waals surface area contributed by atoms with E-state index in [-0.39, 0.29) is 12.6 Å². The summed E-state index contributed by atoms with van der Waals surface area (Å²) in [6, 6.07) is 25.9.